The van der Waals surface area contributed by atoms with Gasteiger partial charge in [0.15, 0.2) is 0 Å². The molecule has 1 aromatic carbocycles. The van der Waals surface area contributed by atoms with Gasteiger partial charge in [0.1, 0.15) is 5.01 Å². The minimum Gasteiger partial charge on any atom is -0.338 e. The van der Waals surface area contributed by atoms with Crippen molar-refractivity contribution in [2.24, 2.45) is 5.92 Å². The molecule has 0 radical (unpaired) electrons. The van der Waals surface area contributed by atoms with Crippen molar-refractivity contribution in [1.29, 1.82) is 0 Å². The summed E-state index contributed by atoms with van der Waals surface area (Å²) in [7, 11) is 1.84. The number of hydrogen-bond acceptors (Lipinski definition) is 4. The molecule has 1 aromatic heterocycles. The van der Waals surface area contributed by atoms with E-state index < -0.39 is 0 Å². The van der Waals surface area contributed by atoms with E-state index in [1.54, 1.807) is 16.2 Å². The molecule has 0 aliphatic heterocycles. The predicted octanol–water partition coefficient (Wildman–Crippen LogP) is 3.10. The number of benzene rings is 1. The number of carbonyl (C=O) groups is 1. The fraction of sp³-hybridized carbons (Fsp3) is 0.467. The number of para-hydroxylation sites is 1. The Morgan fingerprint density at radius 1 is 1.36 bits per heavy atom. The van der Waals surface area contributed by atoms with Crippen LogP contribution in [0.25, 0.3) is 10.2 Å². The lowest BCUT2D eigenvalue weighted by molar-refractivity contribution is -0.129. The molecule has 22 heavy (non-hydrogen) atoms. The third-order valence-corrected chi connectivity index (χ3v) is 4.56. The highest BCUT2D eigenvalue weighted by Gasteiger charge is 2.21. The van der Waals surface area contributed by atoms with Crippen molar-refractivity contribution in [2.45, 2.75) is 19.4 Å². The number of aromatic nitrogens is 1. The van der Waals surface area contributed by atoms with Gasteiger partial charge in [0, 0.05) is 7.05 Å². The van der Waals surface area contributed by atoms with Gasteiger partial charge >= 0.3 is 0 Å². The molecule has 4 nitrogen and oxygen atoms in total. The van der Waals surface area contributed by atoms with E-state index in [-0.39, 0.29) is 30.7 Å². The number of thiazole rings is 1. The smallest absolute Gasteiger partial charge is 0.236 e. The van der Waals surface area contributed by atoms with E-state index in [0.29, 0.717) is 13.1 Å². The highest BCUT2D eigenvalue weighted by atomic mass is 35.5. The standard InChI is InChI=1S/C15H19N3OS.2ClH/c1-18(15(19)9-16-8-11-6-7-11)10-14-17-12-4-2-3-5-13(12)20-14;;/h2-5,11,16H,6-10H2,1H3;2*1H. The van der Waals surface area contributed by atoms with E-state index in [1.165, 1.54) is 17.5 Å². The number of hydrogen-bond donors (Lipinski definition) is 1. The molecular weight excluding hydrogens is 341 g/mol. The molecule has 0 saturated heterocycles. The summed E-state index contributed by atoms with van der Waals surface area (Å²) in [6.07, 6.45) is 2.62. The van der Waals surface area contributed by atoms with E-state index >= 15 is 0 Å². The van der Waals surface area contributed by atoms with Crippen molar-refractivity contribution in [1.82, 2.24) is 15.2 Å². The summed E-state index contributed by atoms with van der Waals surface area (Å²) in [6, 6.07) is 8.08. The molecule has 7 heteroatoms. The zero-order chi connectivity index (χ0) is 13.9. The van der Waals surface area contributed by atoms with E-state index in [1.807, 2.05) is 25.2 Å². The topological polar surface area (TPSA) is 45.2 Å². The van der Waals surface area contributed by atoms with Gasteiger partial charge in [-0.25, -0.2) is 4.98 Å². The Kier molecular flexibility index (Phi) is 7.56. The number of likely N-dealkylation sites (N-methyl/N-ethyl adjacent to an activating group) is 1. The number of nitrogens with one attached hydrogen (secondary N) is 1. The molecule has 1 aliphatic carbocycles. The molecule has 0 spiro atoms. The van der Waals surface area contributed by atoms with Crippen molar-refractivity contribution in [3.63, 3.8) is 0 Å². The molecule has 0 unspecified atom stereocenters. The number of fused-ring (bicyclic) bond motifs is 1. The molecule has 2 aromatic rings. The van der Waals surface area contributed by atoms with E-state index in [9.17, 15) is 4.79 Å². The molecule has 1 N–H and O–H groups in total. The number of nitrogens with zero attached hydrogens (tertiary/aromatic N) is 2. The average Bonchev–Trinajstić information content (AvgIpc) is 3.16. The van der Waals surface area contributed by atoms with Gasteiger partial charge < -0.3 is 10.2 Å². The Labute approximate surface area is 147 Å². The van der Waals surface area contributed by atoms with Gasteiger partial charge in [0.25, 0.3) is 0 Å². The molecule has 1 saturated carbocycles. The first-order valence-electron chi connectivity index (χ1n) is 7.01. The van der Waals surface area contributed by atoms with Crippen LogP contribution in [-0.2, 0) is 11.3 Å². The molecule has 0 bridgehead atoms. The zero-order valence-electron chi connectivity index (χ0n) is 12.4. The second-order valence-electron chi connectivity index (χ2n) is 5.40. The second-order valence-corrected chi connectivity index (χ2v) is 6.51. The summed E-state index contributed by atoms with van der Waals surface area (Å²) in [5, 5.41) is 4.22. The first-order valence-corrected chi connectivity index (χ1v) is 7.83. The number of amides is 1. The van der Waals surface area contributed by atoms with Gasteiger partial charge in [-0.05, 0) is 37.4 Å². The lowest BCUT2D eigenvalue weighted by Crippen LogP contribution is -2.35. The molecule has 122 valence electrons. The first-order chi connectivity index (χ1) is 9.72. The largest absolute Gasteiger partial charge is 0.338 e. The van der Waals surface area contributed by atoms with Gasteiger partial charge in [0.05, 0.1) is 23.3 Å². The zero-order valence-corrected chi connectivity index (χ0v) is 14.9. The van der Waals surface area contributed by atoms with Crippen LogP contribution in [0, 0.1) is 5.92 Å². The van der Waals surface area contributed by atoms with Crippen LogP contribution in [0.3, 0.4) is 0 Å². The molecule has 1 aliphatic rings. The van der Waals surface area contributed by atoms with Crippen molar-refractivity contribution in [3.05, 3.63) is 29.3 Å². The minimum absolute atomic E-state index is 0. The predicted molar refractivity (Wildman–Crippen MR) is 96.2 cm³/mol. The minimum atomic E-state index is 0. The normalized spacial score (nSPS) is 13.3. The third-order valence-electron chi connectivity index (χ3n) is 3.54. The van der Waals surface area contributed by atoms with Crippen molar-refractivity contribution < 1.29 is 4.79 Å². The Bertz CT molecular complexity index is 583. The summed E-state index contributed by atoms with van der Waals surface area (Å²) < 4.78 is 1.18. The molecule has 1 fully saturated rings. The van der Waals surface area contributed by atoms with Crippen molar-refractivity contribution >= 4 is 52.3 Å². The quantitative estimate of drug-likeness (QED) is 0.859. The SMILES string of the molecule is CN(Cc1nc2ccccc2s1)C(=O)CNCC1CC1.Cl.Cl. The molecule has 0 atom stereocenters. The summed E-state index contributed by atoms with van der Waals surface area (Å²) in [5.41, 5.74) is 1.01. The molecular formula is C15H21Cl2N3OS. The summed E-state index contributed by atoms with van der Waals surface area (Å²) in [5.74, 6) is 0.933. The van der Waals surface area contributed by atoms with Crippen LogP contribution in [0.2, 0.25) is 0 Å². The van der Waals surface area contributed by atoms with Gasteiger partial charge in [-0.15, -0.1) is 36.2 Å². The lowest BCUT2D eigenvalue weighted by atomic mass is 10.3. The van der Waals surface area contributed by atoms with Gasteiger partial charge in [-0.2, -0.15) is 0 Å². The summed E-state index contributed by atoms with van der Waals surface area (Å²) >= 11 is 1.66. The Hall–Kier alpha value is -0.880. The fourth-order valence-corrected chi connectivity index (χ4v) is 3.14. The maximum atomic E-state index is 12.0. The molecule has 1 amide bonds. The third kappa shape index (κ3) is 5.09. The Balaban J connectivity index is 0.00000121. The number of rotatable bonds is 6. The fourth-order valence-electron chi connectivity index (χ4n) is 2.12. The maximum absolute atomic E-state index is 12.0. The summed E-state index contributed by atoms with van der Waals surface area (Å²) in [6.45, 7) is 1.99. The van der Waals surface area contributed by atoms with Crippen LogP contribution in [0.5, 0.6) is 0 Å². The van der Waals surface area contributed by atoms with Crippen LogP contribution in [0.4, 0.5) is 0 Å². The van der Waals surface area contributed by atoms with E-state index in [4.69, 9.17) is 0 Å². The average molecular weight is 362 g/mol. The number of halogens is 2. The van der Waals surface area contributed by atoms with E-state index in [2.05, 4.69) is 16.4 Å². The molecule has 3 rings (SSSR count). The number of carbonyl (C=O) groups excluding carboxylic acids is 1. The Morgan fingerprint density at radius 3 is 2.77 bits per heavy atom. The second kappa shape index (κ2) is 8.67. The maximum Gasteiger partial charge on any atom is 0.236 e. The van der Waals surface area contributed by atoms with Gasteiger partial charge in [-0.1, -0.05) is 12.1 Å². The van der Waals surface area contributed by atoms with Gasteiger partial charge in [0.2, 0.25) is 5.91 Å². The van der Waals surface area contributed by atoms with Crippen LogP contribution in [0.15, 0.2) is 24.3 Å². The summed E-state index contributed by atoms with van der Waals surface area (Å²) in [4.78, 5) is 18.3. The molecule has 1 heterocycles. The van der Waals surface area contributed by atoms with Crippen molar-refractivity contribution in [2.75, 3.05) is 20.1 Å². The van der Waals surface area contributed by atoms with Crippen molar-refractivity contribution in [3.8, 4) is 0 Å². The van der Waals surface area contributed by atoms with Crippen LogP contribution in [-0.4, -0.2) is 35.9 Å². The lowest BCUT2D eigenvalue weighted by Gasteiger charge is -2.15. The van der Waals surface area contributed by atoms with Crippen LogP contribution >= 0.6 is 36.2 Å². The Morgan fingerprint density at radius 2 is 2.09 bits per heavy atom. The first kappa shape index (κ1) is 19.2. The monoisotopic (exact) mass is 361 g/mol. The highest BCUT2D eigenvalue weighted by molar-refractivity contribution is 7.18. The highest BCUT2D eigenvalue weighted by Crippen LogP contribution is 2.27. The van der Waals surface area contributed by atoms with Gasteiger partial charge in [-0.3, -0.25) is 4.79 Å². The van der Waals surface area contributed by atoms with E-state index in [0.717, 1.165) is 23.0 Å². The van der Waals surface area contributed by atoms with Crippen LogP contribution < -0.4 is 5.32 Å². The van der Waals surface area contributed by atoms with Crippen LogP contribution in [0.1, 0.15) is 17.8 Å².